The largest absolute Gasteiger partial charge is 0.0767 e. The van der Waals surface area contributed by atoms with Crippen LogP contribution in [0.5, 0.6) is 0 Å². The zero-order valence-corrected chi connectivity index (χ0v) is 12.3. The van der Waals surface area contributed by atoms with Crippen molar-refractivity contribution in [2.75, 3.05) is 6.66 Å². The Balaban J connectivity index is 1.88. The van der Waals surface area contributed by atoms with Crippen molar-refractivity contribution in [3.63, 3.8) is 0 Å². The highest BCUT2D eigenvalue weighted by molar-refractivity contribution is 7.86. The summed E-state index contributed by atoms with van der Waals surface area (Å²) < 4.78 is 0. The van der Waals surface area contributed by atoms with E-state index in [0.717, 1.165) is 5.66 Å². The molecule has 0 nitrogen and oxygen atoms in total. The molecule has 0 amide bonds. The van der Waals surface area contributed by atoms with Crippen molar-refractivity contribution in [2.24, 2.45) is 0 Å². The van der Waals surface area contributed by atoms with Crippen molar-refractivity contribution in [3.8, 4) is 0 Å². The van der Waals surface area contributed by atoms with Gasteiger partial charge in [-0.3, -0.25) is 0 Å². The Labute approximate surface area is 112 Å². The maximum absolute atomic E-state index is 2.59. The zero-order chi connectivity index (χ0) is 12.4. The van der Waals surface area contributed by atoms with Gasteiger partial charge in [0.2, 0.25) is 0 Å². The molecule has 1 heterocycles. The fraction of sp³-hybridized carbons (Fsp3) is 0.529. The van der Waals surface area contributed by atoms with Crippen molar-refractivity contribution < 1.29 is 0 Å². The van der Waals surface area contributed by atoms with Gasteiger partial charge >= 0.3 is 0 Å². The lowest BCUT2D eigenvalue weighted by Crippen LogP contribution is -2.21. The molecule has 1 radical (unpaired) electrons. The Kier molecular flexibility index (Phi) is 3.57. The molecule has 1 unspecified atom stereocenters. The third kappa shape index (κ3) is 2.16. The van der Waals surface area contributed by atoms with Crippen molar-refractivity contribution >= 4 is 18.6 Å². The van der Waals surface area contributed by atoms with Crippen LogP contribution < -0.4 is 5.30 Å². The van der Waals surface area contributed by atoms with Crippen LogP contribution in [0.15, 0.2) is 30.1 Å². The first-order valence-corrected chi connectivity index (χ1v) is 9.83. The van der Waals surface area contributed by atoms with Crippen LogP contribution in [0.4, 0.5) is 0 Å². The fourth-order valence-electron chi connectivity index (χ4n) is 3.67. The molecule has 1 fully saturated rings. The molecule has 1 aromatic carbocycles. The Bertz CT molecular complexity index is 441. The minimum atomic E-state index is -1.01. The van der Waals surface area contributed by atoms with E-state index >= 15 is 0 Å². The second kappa shape index (κ2) is 5.17. The number of rotatable bonds is 1. The van der Waals surface area contributed by atoms with Gasteiger partial charge in [-0.15, -0.1) is 0 Å². The van der Waals surface area contributed by atoms with Gasteiger partial charge in [0.1, 0.15) is 0 Å². The van der Waals surface area contributed by atoms with E-state index in [1.807, 2.05) is 0 Å². The lowest BCUT2D eigenvalue weighted by atomic mass is 10.0. The van der Waals surface area contributed by atoms with Crippen LogP contribution in [-0.4, -0.2) is 12.3 Å². The Hall–Kier alpha value is -0.610. The van der Waals surface area contributed by atoms with Gasteiger partial charge in [0, 0.05) is 0 Å². The first kappa shape index (κ1) is 12.4. The number of hydrogen-bond acceptors (Lipinski definition) is 0. The van der Waals surface area contributed by atoms with Crippen molar-refractivity contribution in [1.82, 2.24) is 0 Å². The van der Waals surface area contributed by atoms with Crippen molar-refractivity contribution in [3.05, 3.63) is 35.6 Å². The summed E-state index contributed by atoms with van der Waals surface area (Å²) in [5, 5.41) is 1.68. The van der Waals surface area contributed by atoms with Gasteiger partial charge in [0.05, 0.1) is 0 Å². The second-order valence-electron chi connectivity index (χ2n) is 6.02. The number of benzene rings is 1. The van der Waals surface area contributed by atoms with Gasteiger partial charge in [-0.2, -0.15) is 0 Å². The molecule has 0 aromatic heterocycles. The summed E-state index contributed by atoms with van der Waals surface area (Å²) in [6.07, 6.45) is 12.6. The second-order valence-corrected chi connectivity index (χ2v) is 9.83. The average Bonchev–Trinajstić information content (AvgIpc) is 2.68. The van der Waals surface area contributed by atoms with Crippen LogP contribution in [-0.2, 0) is 0 Å². The van der Waals surface area contributed by atoms with Crippen LogP contribution >= 0.6 is 7.26 Å². The summed E-state index contributed by atoms with van der Waals surface area (Å²) in [4.78, 5) is 0. The van der Waals surface area contributed by atoms with Crippen LogP contribution in [0.1, 0.15) is 50.5 Å². The van der Waals surface area contributed by atoms with E-state index < -0.39 is 7.26 Å². The first-order chi connectivity index (χ1) is 8.81. The summed E-state index contributed by atoms with van der Waals surface area (Å²) >= 11 is 0. The summed E-state index contributed by atoms with van der Waals surface area (Å²) in [6, 6.07) is 9.09. The van der Waals surface area contributed by atoms with Crippen LogP contribution in [0, 0.1) is 0 Å². The maximum Gasteiger partial charge on any atom is -0.0172 e. The predicted octanol–water partition coefficient (Wildman–Crippen LogP) is 5.06. The van der Waals surface area contributed by atoms with Crippen molar-refractivity contribution in [1.29, 1.82) is 0 Å². The maximum atomic E-state index is 2.59. The molecule has 1 saturated carbocycles. The average molecular weight is 259 g/mol. The third-order valence-corrected chi connectivity index (χ3v) is 9.10. The zero-order valence-electron chi connectivity index (χ0n) is 11.4. The van der Waals surface area contributed by atoms with Gasteiger partial charge < -0.3 is 0 Å². The van der Waals surface area contributed by atoms with Gasteiger partial charge in [0.15, 0.2) is 0 Å². The number of hydrogen-bond donors (Lipinski definition) is 0. The molecule has 18 heavy (non-hydrogen) atoms. The Morgan fingerprint density at radius 3 is 2.39 bits per heavy atom. The summed E-state index contributed by atoms with van der Waals surface area (Å²) in [5.74, 6) is 2.59. The van der Waals surface area contributed by atoms with Gasteiger partial charge in [-0.1, -0.05) is 75.5 Å². The summed E-state index contributed by atoms with van der Waals surface area (Å²) in [7, 11) is -1.01. The van der Waals surface area contributed by atoms with Crippen molar-refractivity contribution in [2.45, 2.75) is 50.6 Å². The van der Waals surface area contributed by atoms with E-state index in [4.69, 9.17) is 0 Å². The van der Waals surface area contributed by atoms with E-state index in [0.29, 0.717) is 0 Å². The molecular weight excluding hydrogens is 235 g/mol. The van der Waals surface area contributed by atoms with Crippen LogP contribution in [0.3, 0.4) is 0 Å². The molecular formula is C17H24P. The molecule has 1 aliphatic carbocycles. The van der Waals surface area contributed by atoms with E-state index in [1.54, 1.807) is 5.30 Å². The molecule has 0 N–H and O–H groups in total. The van der Waals surface area contributed by atoms with E-state index in [1.165, 1.54) is 50.5 Å². The molecule has 0 bridgehead atoms. The predicted molar refractivity (Wildman–Crippen MR) is 84.1 cm³/mol. The lowest BCUT2D eigenvalue weighted by molar-refractivity contribution is 0.509. The molecule has 3 rings (SSSR count). The molecule has 1 aromatic rings. The molecule has 2 aliphatic rings. The first-order valence-electron chi connectivity index (χ1n) is 7.45. The van der Waals surface area contributed by atoms with E-state index in [2.05, 4.69) is 42.8 Å². The molecule has 1 aliphatic heterocycles. The van der Waals surface area contributed by atoms with E-state index in [-0.39, 0.29) is 0 Å². The fourth-order valence-corrected chi connectivity index (χ4v) is 7.49. The quantitative estimate of drug-likeness (QED) is 0.619. The minimum absolute atomic E-state index is 0.956. The molecule has 97 valence electrons. The molecule has 0 spiro atoms. The highest BCUT2D eigenvalue weighted by Crippen LogP contribution is 2.66. The monoisotopic (exact) mass is 259 g/mol. The number of fused-ring (bicyclic) bond motifs is 1. The van der Waals surface area contributed by atoms with Gasteiger partial charge in [-0.25, -0.2) is 0 Å². The van der Waals surface area contributed by atoms with Gasteiger partial charge in [0.25, 0.3) is 0 Å². The summed E-state index contributed by atoms with van der Waals surface area (Å²) in [6.45, 7) is 2.57. The molecule has 1 atom stereocenters. The van der Waals surface area contributed by atoms with Crippen LogP contribution in [0.2, 0.25) is 0 Å². The standard InChI is InChI=1S/C17H24P/c1-18(16-10-5-3-2-4-6-11-16)14-13-15-9-7-8-12-17(15)18/h7-9,12-14,16H,2-6,10-11H2,1H3. The highest BCUT2D eigenvalue weighted by atomic mass is 31.2. The van der Waals surface area contributed by atoms with E-state index in [9.17, 15) is 0 Å². The lowest BCUT2D eigenvalue weighted by Gasteiger charge is -2.37. The molecule has 0 saturated heterocycles. The third-order valence-electron chi connectivity index (χ3n) is 4.85. The SMILES string of the molecule is C[P]1(C2CCCCCCC2)C=Cc2ccccc21. The molecule has 1 heteroatoms. The Morgan fingerprint density at radius 1 is 0.944 bits per heavy atom. The van der Waals surface area contributed by atoms with Crippen LogP contribution in [0.25, 0.3) is 6.08 Å². The topological polar surface area (TPSA) is 0 Å². The highest BCUT2D eigenvalue weighted by Gasteiger charge is 2.35. The minimum Gasteiger partial charge on any atom is -0.0767 e. The normalized spacial score (nSPS) is 28.7. The Morgan fingerprint density at radius 2 is 1.61 bits per heavy atom. The van der Waals surface area contributed by atoms with Gasteiger partial charge in [-0.05, 0) is 36.0 Å². The summed E-state index contributed by atoms with van der Waals surface area (Å²) in [5.41, 5.74) is 2.45. The smallest absolute Gasteiger partial charge is 0.0172 e.